The fraction of sp³-hybridized carbons (Fsp3) is 0.333. The molecule has 0 aliphatic carbocycles. The zero-order chi connectivity index (χ0) is 18.1. The lowest BCUT2D eigenvalue weighted by Gasteiger charge is -2.18. The fourth-order valence-electron chi connectivity index (χ4n) is 3.54. The van der Waals surface area contributed by atoms with E-state index in [1.54, 1.807) is 11.0 Å². The minimum absolute atomic E-state index is 0.0740. The third kappa shape index (κ3) is 3.29. The van der Waals surface area contributed by atoms with Crippen LogP contribution in [0.2, 0.25) is 0 Å². The van der Waals surface area contributed by atoms with Gasteiger partial charge in [-0.05, 0) is 62.6 Å². The molecule has 4 nitrogen and oxygen atoms in total. The molecule has 0 fully saturated rings. The van der Waals surface area contributed by atoms with E-state index in [9.17, 15) is 9.59 Å². The van der Waals surface area contributed by atoms with Crippen molar-refractivity contribution in [1.82, 2.24) is 5.32 Å². The Morgan fingerprint density at radius 2 is 1.96 bits per heavy atom. The minimum atomic E-state index is -0.113. The van der Waals surface area contributed by atoms with Crippen LogP contribution >= 0.6 is 0 Å². The lowest BCUT2D eigenvalue weighted by molar-refractivity contribution is -0.117. The van der Waals surface area contributed by atoms with Crippen molar-refractivity contribution in [2.75, 3.05) is 11.4 Å². The van der Waals surface area contributed by atoms with E-state index in [1.165, 1.54) is 11.1 Å². The molecule has 0 unspecified atom stereocenters. The highest BCUT2D eigenvalue weighted by atomic mass is 16.2. The number of aryl methyl sites for hydroxylation is 2. The maximum Gasteiger partial charge on any atom is 0.251 e. The van der Waals surface area contributed by atoms with Crippen molar-refractivity contribution in [2.45, 2.75) is 40.2 Å². The predicted molar refractivity (Wildman–Crippen MR) is 100.0 cm³/mol. The molecule has 0 saturated heterocycles. The topological polar surface area (TPSA) is 49.4 Å². The number of carbonyl (C=O) groups excluding carboxylic acids is 2. The second kappa shape index (κ2) is 6.71. The first-order valence-corrected chi connectivity index (χ1v) is 8.72. The molecule has 4 heteroatoms. The van der Waals surface area contributed by atoms with Gasteiger partial charge < -0.3 is 10.2 Å². The quantitative estimate of drug-likeness (QED) is 0.925. The molecule has 0 aromatic heterocycles. The molecule has 1 aliphatic rings. The first-order valence-electron chi connectivity index (χ1n) is 8.72. The number of hydrogen-bond acceptors (Lipinski definition) is 2. The van der Waals surface area contributed by atoms with Crippen LogP contribution in [0.3, 0.4) is 0 Å². The summed E-state index contributed by atoms with van der Waals surface area (Å²) in [5.41, 5.74) is 5.95. The van der Waals surface area contributed by atoms with Crippen LogP contribution in [0.4, 0.5) is 5.69 Å². The van der Waals surface area contributed by atoms with E-state index in [2.05, 4.69) is 37.4 Å². The smallest absolute Gasteiger partial charge is 0.251 e. The average Bonchev–Trinajstić information content (AvgIpc) is 2.88. The summed E-state index contributed by atoms with van der Waals surface area (Å²) in [5.74, 6) is -0.0172. The number of rotatable bonds is 4. The monoisotopic (exact) mass is 336 g/mol. The Kier molecular flexibility index (Phi) is 4.62. The van der Waals surface area contributed by atoms with Crippen molar-refractivity contribution in [3.63, 3.8) is 0 Å². The Morgan fingerprint density at radius 3 is 2.64 bits per heavy atom. The van der Waals surface area contributed by atoms with Gasteiger partial charge in [-0.15, -0.1) is 0 Å². The average molecular weight is 336 g/mol. The van der Waals surface area contributed by atoms with Gasteiger partial charge in [0.1, 0.15) is 0 Å². The third-order valence-corrected chi connectivity index (χ3v) is 4.83. The summed E-state index contributed by atoms with van der Waals surface area (Å²) in [4.78, 5) is 26.4. The van der Waals surface area contributed by atoms with Crippen molar-refractivity contribution in [2.24, 2.45) is 0 Å². The number of anilines is 1. The van der Waals surface area contributed by atoms with Crippen LogP contribution in [-0.2, 0) is 11.2 Å². The molecule has 1 N–H and O–H groups in total. The SMILES string of the molecule is CCN1C(=O)Cc2cc(C(=O)N[C@H](C)c3ccc(C)cc3C)ccc21. The van der Waals surface area contributed by atoms with Gasteiger partial charge in [0.15, 0.2) is 0 Å². The first kappa shape index (κ1) is 17.2. The highest BCUT2D eigenvalue weighted by Crippen LogP contribution is 2.29. The first-order chi connectivity index (χ1) is 11.9. The number of hydrogen-bond donors (Lipinski definition) is 1. The van der Waals surface area contributed by atoms with Crippen LogP contribution in [0.1, 0.15) is 52.5 Å². The van der Waals surface area contributed by atoms with Crippen LogP contribution in [0.25, 0.3) is 0 Å². The minimum Gasteiger partial charge on any atom is -0.346 e. The number of benzene rings is 2. The Balaban J connectivity index is 1.78. The molecule has 0 bridgehead atoms. The van der Waals surface area contributed by atoms with Crippen molar-refractivity contribution in [1.29, 1.82) is 0 Å². The Bertz CT molecular complexity index is 842. The van der Waals surface area contributed by atoms with E-state index < -0.39 is 0 Å². The van der Waals surface area contributed by atoms with Gasteiger partial charge in [0, 0.05) is 17.8 Å². The van der Waals surface area contributed by atoms with Gasteiger partial charge in [0.05, 0.1) is 12.5 Å². The normalized spacial score (nSPS) is 14.4. The second-order valence-electron chi connectivity index (χ2n) is 6.71. The standard InChI is InChI=1S/C21H24N2O2/c1-5-23-19-9-7-16(11-17(19)12-20(23)24)21(25)22-15(4)18-8-6-13(2)10-14(18)3/h6-11,15H,5,12H2,1-4H3,(H,22,25)/t15-/m1/s1. The van der Waals surface area contributed by atoms with Gasteiger partial charge in [-0.25, -0.2) is 0 Å². The number of fused-ring (bicyclic) bond motifs is 1. The summed E-state index contributed by atoms with van der Waals surface area (Å²) in [5, 5.41) is 3.06. The summed E-state index contributed by atoms with van der Waals surface area (Å²) < 4.78 is 0. The van der Waals surface area contributed by atoms with Gasteiger partial charge in [0.25, 0.3) is 5.91 Å². The van der Waals surface area contributed by atoms with Crippen LogP contribution in [0.15, 0.2) is 36.4 Å². The van der Waals surface area contributed by atoms with Crippen LogP contribution in [0, 0.1) is 13.8 Å². The highest BCUT2D eigenvalue weighted by molar-refractivity contribution is 6.03. The maximum atomic E-state index is 12.6. The van der Waals surface area contributed by atoms with E-state index in [-0.39, 0.29) is 17.9 Å². The van der Waals surface area contributed by atoms with Gasteiger partial charge in [-0.1, -0.05) is 23.8 Å². The molecule has 2 amide bonds. The lowest BCUT2D eigenvalue weighted by atomic mass is 10.00. The number of likely N-dealkylation sites (N-methyl/N-ethyl adjacent to an activating group) is 1. The molecule has 130 valence electrons. The van der Waals surface area contributed by atoms with E-state index in [0.29, 0.717) is 18.5 Å². The molecule has 1 atom stereocenters. The number of carbonyl (C=O) groups is 2. The third-order valence-electron chi connectivity index (χ3n) is 4.83. The molecule has 2 aromatic rings. The number of nitrogens with zero attached hydrogens (tertiary/aromatic N) is 1. The summed E-state index contributed by atoms with van der Waals surface area (Å²) in [6, 6.07) is 11.7. The van der Waals surface area contributed by atoms with Gasteiger partial charge in [-0.3, -0.25) is 9.59 Å². The van der Waals surface area contributed by atoms with E-state index >= 15 is 0 Å². The van der Waals surface area contributed by atoms with Gasteiger partial charge >= 0.3 is 0 Å². The molecular weight excluding hydrogens is 312 g/mol. The molecule has 0 saturated carbocycles. The fourth-order valence-corrected chi connectivity index (χ4v) is 3.54. The zero-order valence-electron chi connectivity index (χ0n) is 15.2. The largest absolute Gasteiger partial charge is 0.346 e. The highest BCUT2D eigenvalue weighted by Gasteiger charge is 2.26. The molecule has 3 rings (SSSR count). The van der Waals surface area contributed by atoms with Gasteiger partial charge in [0.2, 0.25) is 5.91 Å². The predicted octanol–water partition coefficient (Wildman–Crippen LogP) is 3.70. The molecule has 0 spiro atoms. The van der Waals surface area contributed by atoms with Crippen molar-refractivity contribution in [3.8, 4) is 0 Å². The second-order valence-corrected chi connectivity index (χ2v) is 6.71. The van der Waals surface area contributed by atoms with Crippen molar-refractivity contribution >= 4 is 17.5 Å². The van der Waals surface area contributed by atoms with Crippen molar-refractivity contribution in [3.05, 3.63) is 64.2 Å². The van der Waals surface area contributed by atoms with E-state index in [1.807, 2.05) is 26.0 Å². The van der Waals surface area contributed by atoms with E-state index in [4.69, 9.17) is 0 Å². The summed E-state index contributed by atoms with van der Waals surface area (Å²) in [7, 11) is 0. The summed E-state index contributed by atoms with van der Waals surface area (Å²) in [6.45, 7) is 8.72. The van der Waals surface area contributed by atoms with Crippen LogP contribution in [-0.4, -0.2) is 18.4 Å². The molecule has 0 radical (unpaired) electrons. The Hall–Kier alpha value is -2.62. The lowest BCUT2D eigenvalue weighted by Crippen LogP contribution is -2.27. The van der Waals surface area contributed by atoms with Crippen LogP contribution < -0.4 is 10.2 Å². The summed E-state index contributed by atoms with van der Waals surface area (Å²) in [6.07, 6.45) is 0.372. The summed E-state index contributed by atoms with van der Waals surface area (Å²) >= 11 is 0. The number of nitrogens with one attached hydrogen (secondary N) is 1. The Morgan fingerprint density at radius 1 is 1.20 bits per heavy atom. The molecule has 2 aromatic carbocycles. The van der Waals surface area contributed by atoms with E-state index in [0.717, 1.165) is 16.8 Å². The van der Waals surface area contributed by atoms with Gasteiger partial charge in [-0.2, -0.15) is 0 Å². The van der Waals surface area contributed by atoms with Crippen LogP contribution in [0.5, 0.6) is 0 Å². The maximum absolute atomic E-state index is 12.6. The Labute approximate surface area is 148 Å². The molecular formula is C21H24N2O2. The zero-order valence-corrected chi connectivity index (χ0v) is 15.2. The molecule has 1 heterocycles. The van der Waals surface area contributed by atoms with Crippen molar-refractivity contribution < 1.29 is 9.59 Å². The molecule has 25 heavy (non-hydrogen) atoms. The number of amides is 2. The molecule has 1 aliphatic heterocycles.